The van der Waals surface area contributed by atoms with Gasteiger partial charge in [-0.15, -0.1) is 0 Å². The Morgan fingerprint density at radius 2 is 1.30 bits per heavy atom. The summed E-state index contributed by atoms with van der Waals surface area (Å²) in [5, 5.41) is 9.82. The Hall–Kier alpha value is -4.71. The number of aromatic carboxylic acids is 1. The third-order valence-corrected chi connectivity index (χ3v) is 5.65. The first kappa shape index (κ1) is 19.0. The SMILES string of the molecule is O=C(O)c1ccccc1-c1c2nc(cc3ccc(cc4nc(cc5ccc1[nH]5)C=C4)[nH]3)C=C2. The van der Waals surface area contributed by atoms with Gasteiger partial charge in [0.05, 0.1) is 28.3 Å². The van der Waals surface area contributed by atoms with Gasteiger partial charge in [0.15, 0.2) is 0 Å². The number of H-pyrrole nitrogens is 2. The van der Waals surface area contributed by atoms with Crippen molar-refractivity contribution in [2.24, 2.45) is 0 Å². The summed E-state index contributed by atoms with van der Waals surface area (Å²) in [5.41, 5.74) is 8.27. The minimum Gasteiger partial charge on any atom is -0.478 e. The maximum Gasteiger partial charge on any atom is 0.336 e. The second-order valence-electron chi connectivity index (χ2n) is 7.91. The molecule has 4 aromatic rings. The number of carboxylic acid groups (broad SMARTS) is 1. The normalized spacial score (nSPS) is 12.2. The smallest absolute Gasteiger partial charge is 0.336 e. The fraction of sp³-hybridized carbons (Fsp3) is 0. The second kappa shape index (κ2) is 7.46. The molecule has 3 N–H and O–H groups in total. The molecule has 5 heterocycles. The Bertz CT molecular complexity index is 1650. The standard InChI is InChI=1S/C27H18N4O2/c32-27(33)23-4-2-1-3-22(23)26-24-11-9-20(30-24)14-18-7-5-16(28-18)13-17-6-8-19(29-17)15-21-10-12-25(26)31-21/h1-15,28,31H,(H,32,33). The Morgan fingerprint density at radius 1 is 0.697 bits per heavy atom. The number of aromatic amines is 2. The summed E-state index contributed by atoms with van der Waals surface area (Å²) < 4.78 is 0. The molecule has 6 rings (SSSR count). The molecule has 0 aliphatic carbocycles. The van der Waals surface area contributed by atoms with Crippen molar-refractivity contribution in [1.82, 2.24) is 19.9 Å². The number of carbonyl (C=O) groups is 1. The highest BCUT2D eigenvalue weighted by Gasteiger charge is 2.17. The molecule has 158 valence electrons. The molecule has 0 amide bonds. The molecule has 0 radical (unpaired) electrons. The fourth-order valence-corrected chi connectivity index (χ4v) is 4.18. The van der Waals surface area contributed by atoms with Gasteiger partial charge in [0, 0.05) is 33.2 Å². The van der Waals surface area contributed by atoms with Gasteiger partial charge in [-0.05, 0) is 72.8 Å². The summed E-state index contributed by atoms with van der Waals surface area (Å²) in [6.45, 7) is 0. The van der Waals surface area contributed by atoms with Crippen LogP contribution in [0.1, 0.15) is 33.1 Å². The summed E-state index contributed by atoms with van der Waals surface area (Å²) in [4.78, 5) is 28.3. The molecule has 33 heavy (non-hydrogen) atoms. The zero-order valence-electron chi connectivity index (χ0n) is 17.4. The minimum absolute atomic E-state index is 0.224. The zero-order valence-corrected chi connectivity index (χ0v) is 17.4. The molecule has 0 spiro atoms. The Kier molecular flexibility index (Phi) is 4.30. The van der Waals surface area contributed by atoms with Crippen molar-refractivity contribution in [3.63, 3.8) is 0 Å². The minimum atomic E-state index is -0.981. The molecule has 0 fully saturated rings. The van der Waals surface area contributed by atoms with Crippen molar-refractivity contribution < 1.29 is 9.90 Å². The predicted octanol–water partition coefficient (Wildman–Crippen LogP) is 6.02. The summed E-state index contributed by atoms with van der Waals surface area (Å²) in [5.74, 6) is -0.981. The van der Waals surface area contributed by atoms with Gasteiger partial charge in [-0.1, -0.05) is 18.2 Å². The van der Waals surface area contributed by atoms with E-state index in [0.29, 0.717) is 11.3 Å². The highest BCUT2D eigenvalue weighted by atomic mass is 16.4. The van der Waals surface area contributed by atoms with Crippen molar-refractivity contribution in [3.05, 3.63) is 95.1 Å². The van der Waals surface area contributed by atoms with Gasteiger partial charge in [0.25, 0.3) is 0 Å². The number of benzene rings is 1. The summed E-state index contributed by atoms with van der Waals surface area (Å²) in [7, 11) is 0. The van der Waals surface area contributed by atoms with Crippen LogP contribution in [0.25, 0.3) is 57.5 Å². The number of hydrogen-bond acceptors (Lipinski definition) is 3. The number of fused-ring (bicyclic) bond motifs is 8. The van der Waals surface area contributed by atoms with Gasteiger partial charge in [0.2, 0.25) is 0 Å². The lowest BCUT2D eigenvalue weighted by Crippen LogP contribution is -2.00. The van der Waals surface area contributed by atoms with Crippen molar-refractivity contribution in [2.45, 2.75) is 0 Å². The van der Waals surface area contributed by atoms with Crippen LogP contribution in [0, 0.1) is 0 Å². The summed E-state index contributed by atoms with van der Waals surface area (Å²) >= 11 is 0. The Balaban J connectivity index is 1.74. The van der Waals surface area contributed by atoms with Crippen LogP contribution in [0.5, 0.6) is 0 Å². The van der Waals surface area contributed by atoms with Crippen molar-refractivity contribution in [1.29, 1.82) is 0 Å². The van der Waals surface area contributed by atoms with E-state index < -0.39 is 5.97 Å². The summed E-state index contributed by atoms with van der Waals surface area (Å²) in [6, 6.07) is 20.8. The van der Waals surface area contributed by atoms with E-state index >= 15 is 0 Å². The van der Waals surface area contributed by atoms with Crippen LogP contribution in [-0.2, 0) is 0 Å². The number of hydrogen-bond donors (Lipinski definition) is 3. The lowest BCUT2D eigenvalue weighted by molar-refractivity contribution is 0.0697. The molecule has 2 aliphatic rings. The van der Waals surface area contributed by atoms with E-state index in [-0.39, 0.29) is 5.56 Å². The molecule has 0 saturated heterocycles. The maximum atomic E-state index is 12.0. The average molecular weight is 430 g/mol. The van der Waals surface area contributed by atoms with Crippen LogP contribution in [0.4, 0.5) is 0 Å². The number of rotatable bonds is 2. The topological polar surface area (TPSA) is 94.7 Å². The Labute approximate surface area is 188 Å². The van der Waals surface area contributed by atoms with Crippen LogP contribution < -0.4 is 0 Å². The van der Waals surface area contributed by atoms with Gasteiger partial charge in [-0.2, -0.15) is 0 Å². The molecular weight excluding hydrogens is 412 g/mol. The number of carboxylic acids is 1. The molecule has 2 aliphatic heterocycles. The van der Waals surface area contributed by atoms with E-state index in [1.54, 1.807) is 12.1 Å². The second-order valence-corrected chi connectivity index (χ2v) is 7.91. The van der Waals surface area contributed by atoms with Crippen LogP contribution >= 0.6 is 0 Å². The van der Waals surface area contributed by atoms with Crippen LogP contribution in [0.3, 0.4) is 0 Å². The molecule has 0 atom stereocenters. The number of aromatic nitrogens is 4. The largest absolute Gasteiger partial charge is 0.478 e. The molecule has 1 aromatic carbocycles. The fourth-order valence-electron chi connectivity index (χ4n) is 4.18. The highest BCUT2D eigenvalue weighted by Crippen LogP contribution is 2.32. The zero-order chi connectivity index (χ0) is 22.4. The maximum absolute atomic E-state index is 12.0. The van der Waals surface area contributed by atoms with E-state index in [1.807, 2.05) is 78.9 Å². The van der Waals surface area contributed by atoms with Gasteiger partial charge < -0.3 is 15.1 Å². The molecule has 8 bridgehead atoms. The first-order valence-electron chi connectivity index (χ1n) is 10.5. The van der Waals surface area contributed by atoms with Gasteiger partial charge >= 0.3 is 5.97 Å². The van der Waals surface area contributed by atoms with E-state index in [0.717, 1.165) is 44.7 Å². The molecule has 0 unspecified atom stereocenters. The van der Waals surface area contributed by atoms with Crippen molar-refractivity contribution >= 4 is 52.3 Å². The van der Waals surface area contributed by atoms with Crippen LogP contribution in [0.2, 0.25) is 0 Å². The van der Waals surface area contributed by atoms with E-state index in [9.17, 15) is 9.90 Å². The molecule has 6 heteroatoms. The monoisotopic (exact) mass is 430 g/mol. The molecular formula is C27H18N4O2. The first-order valence-corrected chi connectivity index (χ1v) is 10.5. The van der Waals surface area contributed by atoms with Crippen LogP contribution in [-0.4, -0.2) is 31.0 Å². The van der Waals surface area contributed by atoms with E-state index in [1.165, 1.54) is 0 Å². The molecule has 6 nitrogen and oxygen atoms in total. The molecule has 3 aromatic heterocycles. The van der Waals surface area contributed by atoms with Crippen LogP contribution in [0.15, 0.2) is 66.7 Å². The third kappa shape index (κ3) is 3.53. The average Bonchev–Trinajstić information content (AvgIpc) is 3.60. The number of nitrogens with one attached hydrogen (secondary N) is 2. The van der Waals surface area contributed by atoms with Gasteiger partial charge in [-0.3, -0.25) is 0 Å². The molecule has 0 saturated carbocycles. The number of nitrogens with zero attached hydrogens (tertiary/aromatic N) is 2. The first-order chi connectivity index (χ1) is 16.1. The summed E-state index contributed by atoms with van der Waals surface area (Å²) in [6.07, 6.45) is 7.79. The Morgan fingerprint density at radius 3 is 2.03 bits per heavy atom. The lowest BCUT2D eigenvalue weighted by Gasteiger charge is -2.07. The van der Waals surface area contributed by atoms with E-state index in [2.05, 4.69) is 15.0 Å². The van der Waals surface area contributed by atoms with Crippen molar-refractivity contribution in [3.8, 4) is 11.1 Å². The predicted molar refractivity (Wildman–Crippen MR) is 131 cm³/mol. The lowest BCUT2D eigenvalue weighted by atomic mass is 9.98. The van der Waals surface area contributed by atoms with Gasteiger partial charge in [0.1, 0.15) is 0 Å². The van der Waals surface area contributed by atoms with E-state index in [4.69, 9.17) is 4.98 Å². The highest BCUT2D eigenvalue weighted by molar-refractivity contribution is 6.01. The third-order valence-electron chi connectivity index (χ3n) is 5.65. The quantitative estimate of drug-likeness (QED) is 0.313. The van der Waals surface area contributed by atoms with Gasteiger partial charge in [-0.25, -0.2) is 14.8 Å². The van der Waals surface area contributed by atoms with Crippen molar-refractivity contribution in [2.75, 3.05) is 0 Å².